The number of nitrogens with zero attached hydrogens (tertiary/aromatic N) is 2. The van der Waals surface area contributed by atoms with Crippen molar-refractivity contribution >= 4 is 23.4 Å². The molecule has 5 nitrogen and oxygen atoms in total. The Morgan fingerprint density at radius 3 is 2.82 bits per heavy atom. The zero-order valence-electron chi connectivity index (χ0n) is 9.31. The van der Waals surface area contributed by atoms with Gasteiger partial charge in [-0.2, -0.15) is 4.98 Å². The van der Waals surface area contributed by atoms with Crippen molar-refractivity contribution in [2.45, 2.75) is 6.42 Å². The molecule has 4 N–H and O–H groups in total. The van der Waals surface area contributed by atoms with E-state index in [1.807, 2.05) is 6.08 Å². The molecule has 0 aromatic carbocycles. The van der Waals surface area contributed by atoms with E-state index in [1.54, 1.807) is 6.07 Å². The van der Waals surface area contributed by atoms with Gasteiger partial charge >= 0.3 is 0 Å². The minimum Gasteiger partial charge on any atom is -0.396 e. The predicted octanol–water partition coefficient (Wildman–Crippen LogP) is 1.31. The third kappa shape index (κ3) is 3.31. The molecule has 6 heteroatoms. The topological polar surface area (TPSA) is 84.1 Å². The maximum atomic E-state index is 9.02. The third-order valence-electron chi connectivity index (χ3n) is 2.75. The maximum absolute atomic E-state index is 9.02. The van der Waals surface area contributed by atoms with Gasteiger partial charge in [-0.3, -0.25) is 0 Å². The Morgan fingerprint density at radius 1 is 1.41 bits per heavy atom. The van der Waals surface area contributed by atoms with Gasteiger partial charge in [-0.25, -0.2) is 4.98 Å². The Kier molecular flexibility index (Phi) is 3.81. The molecule has 0 spiro atoms. The van der Waals surface area contributed by atoms with Gasteiger partial charge < -0.3 is 16.2 Å². The summed E-state index contributed by atoms with van der Waals surface area (Å²) in [5, 5.41) is 12.5. The fourth-order valence-electron chi connectivity index (χ4n) is 1.91. The number of rotatable bonds is 4. The van der Waals surface area contributed by atoms with E-state index < -0.39 is 0 Å². The van der Waals surface area contributed by atoms with E-state index >= 15 is 0 Å². The third-order valence-corrected chi connectivity index (χ3v) is 2.95. The van der Waals surface area contributed by atoms with Gasteiger partial charge in [0.2, 0.25) is 5.95 Å². The van der Waals surface area contributed by atoms with Crippen molar-refractivity contribution < 1.29 is 5.11 Å². The van der Waals surface area contributed by atoms with Crippen LogP contribution in [-0.2, 0) is 0 Å². The molecular formula is C11H15ClN4O. The van der Waals surface area contributed by atoms with Crippen LogP contribution in [0.1, 0.15) is 6.42 Å². The maximum Gasteiger partial charge on any atom is 0.223 e. The highest BCUT2D eigenvalue weighted by molar-refractivity contribution is 6.29. The summed E-state index contributed by atoms with van der Waals surface area (Å²) in [6.07, 6.45) is 5.12. The highest BCUT2D eigenvalue weighted by Crippen LogP contribution is 2.23. The Labute approximate surface area is 105 Å². The van der Waals surface area contributed by atoms with Gasteiger partial charge in [0.25, 0.3) is 0 Å². The first-order chi connectivity index (χ1) is 8.17. The van der Waals surface area contributed by atoms with Crippen molar-refractivity contribution in [1.82, 2.24) is 9.97 Å². The Morgan fingerprint density at radius 2 is 2.18 bits per heavy atom. The highest BCUT2D eigenvalue weighted by atomic mass is 35.5. The molecule has 1 aromatic heterocycles. The number of halogens is 1. The molecule has 2 atom stereocenters. The lowest BCUT2D eigenvalue weighted by Gasteiger charge is -2.12. The zero-order valence-corrected chi connectivity index (χ0v) is 10.1. The van der Waals surface area contributed by atoms with Gasteiger partial charge in [0.05, 0.1) is 0 Å². The monoisotopic (exact) mass is 254 g/mol. The Bertz CT molecular complexity index is 404. The first kappa shape index (κ1) is 12.1. The summed E-state index contributed by atoms with van der Waals surface area (Å²) in [5.74, 6) is 1.47. The quantitative estimate of drug-likeness (QED) is 0.557. The molecule has 1 heterocycles. The van der Waals surface area contributed by atoms with Gasteiger partial charge in [-0.05, 0) is 12.3 Å². The largest absolute Gasteiger partial charge is 0.396 e. The number of anilines is 2. The summed E-state index contributed by atoms with van der Waals surface area (Å²) in [6.45, 7) is 0.957. The number of aromatic nitrogens is 2. The number of nitrogens with one attached hydrogen (secondary N) is 1. The fourth-order valence-corrected chi connectivity index (χ4v) is 2.10. The second kappa shape index (κ2) is 5.33. The van der Waals surface area contributed by atoms with Crippen LogP contribution >= 0.6 is 11.6 Å². The van der Waals surface area contributed by atoms with Gasteiger partial charge in [-0.15, -0.1) is 0 Å². The van der Waals surface area contributed by atoms with Crippen LogP contribution in [0, 0.1) is 11.8 Å². The van der Waals surface area contributed by atoms with Crippen molar-refractivity contribution in [1.29, 1.82) is 0 Å². The zero-order chi connectivity index (χ0) is 12.3. The van der Waals surface area contributed by atoms with Gasteiger partial charge in [0.15, 0.2) is 0 Å². The van der Waals surface area contributed by atoms with Crippen LogP contribution in [0.15, 0.2) is 18.2 Å². The van der Waals surface area contributed by atoms with Crippen LogP contribution in [0.5, 0.6) is 0 Å². The van der Waals surface area contributed by atoms with Crippen LogP contribution in [0.3, 0.4) is 0 Å². The van der Waals surface area contributed by atoms with Crippen molar-refractivity contribution in [2.24, 2.45) is 11.8 Å². The summed E-state index contributed by atoms with van der Waals surface area (Å²) < 4.78 is 0. The summed E-state index contributed by atoms with van der Waals surface area (Å²) in [7, 11) is 0. The average Bonchev–Trinajstić information content (AvgIpc) is 2.73. The van der Waals surface area contributed by atoms with Crippen molar-refractivity contribution in [3.63, 3.8) is 0 Å². The van der Waals surface area contributed by atoms with E-state index in [0.717, 1.165) is 13.0 Å². The first-order valence-electron chi connectivity index (χ1n) is 5.50. The number of aliphatic hydroxyl groups excluding tert-OH is 1. The highest BCUT2D eigenvalue weighted by Gasteiger charge is 2.17. The number of hydrogen-bond donors (Lipinski definition) is 3. The second-order valence-electron chi connectivity index (χ2n) is 4.14. The first-order valence-corrected chi connectivity index (χ1v) is 5.88. The molecule has 1 aromatic rings. The lowest BCUT2D eigenvalue weighted by molar-refractivity contribution is 0.245. The fraction of sp³-hybridized carbons (Fsp3) is 0.455. The molecule has 1 aliphatic rings. The molecule has 92 valence electrons. The lowest BCUT2D eigenvalue weighted by Crippen LogP contribution is -2.14. The predicted molar refractivity (Wildman–Crippen MR) is 67.8 cm³/mol. The van der Waals surface area contributed by atoms with E-state index in [-0.39, 0.29) is 18.5 Å². The molecular weight excluding hydrogens is 240 g/mol. The lowest BCUT2D eigenvalue weighted by atomic mass is 10.0. The summed E-state index contributed by atoms with van der Waals surface area (Å²) >= 11 is 5.77. The minimum absolute atomic E-state index is 0.162. The smallest absolute Gasteiger partial charge is 0.223 e. The molecule has 0 saturated carbocycles. The number of nitrogen functional groups attached to an aromatic ring is 1. The van der Waals surface area contributed by atoms with E-state index in [1.165, 1.54) is 0 Å². The molecule has 17 heavy (non-hydrogen) atoms. The summed E-state index contributed by atoms with van der Waals surface area (Å²) in [5.41, 5.74) is 5.49. The Balaban J connectivity index is 1.88. The van der Waals surface area contributed by atoms with Crippen LogP contribution in [-0.4, -0.2) is 28.2 Å². The van der Waals surface area contributed by atoms with Gasteiger partial charge in [0.1, 0.15) is 11.0 Å². The summed E-state index contributed by atoms with van der Waals surface area (Å²) in [6, 6.07) is 1.64. The van der Waals surface area contributed by atoms with Crippen molar-refractivity contribution in [3.8, 4) is 0 Å². The summed E-state index contributed by atoms with van der Waals surface area (Å²) in [4.78, 5) is 7.82. The molecule has 0 fully saturated rings. The van der Waals surface area contributed by atoms with Crippen LogP contribution in [0.2, 0.25) is 5.15 Å². The molecule has 1 aliphatic carbocycles. The molecule has 0 saturated heterocycles. The van der Waals surface area contributed by atoms with Crippen LogP contribution < -0.4 is 11.1 Å². The SMILES string of the molecule is Nc1nc(Cl)cc(NCC2C=CC(CO)C2)n1. The normalized spacial score (nSPS) is 22.9. The molecule has 2 rings (SSSR count). The number of aliphatic hydroxyl groups is 1. The second-order valence-corrected chi connectivity index (χ2v) is 4.53. The van der Waals surface area contributed by atoms with E-state index in [9.17, 15) is 0 Å². The van der Waals surface area contributed by atoms with Crippen molar-refractivity contribution in [2.75, 3.05) is 24.2 Å². The average molecular weight is 255 g/mol. The minimum atomic E-state index is 0.162. The van der Waals surface area contributed by atoms with E-state index in [2.05, 4.69) is 21.4 Å². The van der Waals surface area contributed by atoms with Crippen LogP contribution in [0.25, 0.3) is 0 Å². The molecule has 0 bridgehead atoms. The van der Waals surface area contributed by atoms with E-state index in [0.29, 0.717) is 16.9 Å². The van der Waals surface area contributed by atoms with Gasteiger partial charge in [-0.1, -0.05) is 23.8 Å². The number of hydrogen-bond acceptors (Lipinski definition) is 5. The Hall–Kier alpha value is -1.33. The molecule has 0 radical (unpaired) electrons. The standard InChI is InChI=1S/C11H15ClN4O/c12-9-4-10(16-11(13)15-9)14-5-7-1-2-8(3-7)6-17/h1-2,4,7-8,17H,3,5-6H2,(H3,13,14,15,16). The molecule has 2 unspecified atom stereocenters. The van der Waals surface area contributed by atoms with E-state index in [4.69, 9.17) is 22.4 Å². The molecule has 0 amide bonds. The van der Waals surface area contributed by atoms with Crippen LogP contribution in [0.4, 0.5) is 11.8 Å². The van der Waals surface area contributed by atoms with Crippen molar-refractivity contribution in [3.05, 3.63) is 23.4 Å². The van der Waals surface area contributed by atoms with Gasteiger partial charge in [0, 0.05) is 25.1 Å². The number of nitrogens with two attached hydrogens (primary N) is 1. The molecule has 0 aliphatic heterocycles.